The summed E-state index contributed by atoms with van der Waals surface area (Å²) in [5, 5.41) is 2.57. The molecule has 0 unspecified atom stereocenters. The Hall–Kier alpha value is -2.80. The third-order valence-electron chi connectivity index (χ3n) is 3.73. The maximum Gasteiger partial charge on any atom is 0.299 e. The average molecular weight is 403 g/mol. The Kier molecular flexibility index (Phi) is 4.50. The van der Waals surface area contributed by atoms with Gasteiger partial charge in [0.2, 0.25) is 0 Å². The van der Waals surface area contributed by atoms with Crippen molar-refractivity contribution in [1.29, 1.82) is 0 Å². The molecule has 0 saturated carbocycles. The summed E-state index contributed by atoms with van der Waals surface area (Å²) in [5.41, 5.74) is 1.75. The van der Waals surface area contributed by atoms with E-state index < -0.39 is 17.6 Å². The molecule has 2 aromatic rings. The van der Waals surface area contributed by atoms with E-state index in [0.717, 1.165) is 0 Å². The number of carbonyl (C=O) groups excluding carboxylic acids is 3. The minimum Gasteiger partial charge on any atom is -0.322 e. The van der Waals surface area contributed by atoms with Crippen LogP contribution in [0.5, 0.6) is 0 Å². The van der Waals surface area contributed by atoms with Crippen molar-refractivity contribution in [3.8, 4) is 0 Å². The van der Waals surface area contributed by atoms with Gasteiger partial charge >= 0.3 is 0 Å². The fraction of sp³-hybridized carbons (Fsp3) is 0.0556. The molecule has 3 rings (SSSR count). The first-order valence-corrected chi connectivity index (χ1v) is 8.06. The van der Waals surface area contributed by atoms with Gasteiger partial charge in [-0.05, 0) is 51.8 Å². The van der Waals surface area contributed by atoms with Gasteiger partial charge in [-0.1, -0.05) is 18.7 Å². The molecule has 0 aliphatic carbocycles. The summed E-state index contributed by atoms with van der Waals surface area (Å²) in [6.07, 6.45) is 0. The van der Waals surface area contributed by atoms with Crippen molar-refractivity contribution >= 4 is 44.9 Å². The van der Waals surface area contributed by atoms with Crippen LogP contribution in [-0.2, 0) is 16.1 Å². The molecule has 1 N–H and O–H groups in total. The van der Waals surface area contributed by atoms with Gasteiger partial charge < -0.3 is 10.2 Å². The summed E-state index contributed by atoms with van der Waals surface area (Å²) in [6.45, 7) is 3.62. The molecule has 2 aromatic carbocycles. The van der Waals surface area contributed by atoms with Crippen LogP contribution in [0.25, 0.3) is 0 Å². The Labute approximate surface area is 151 Å². The number of anilines is 2. The zero-order chi connectivity index (χ0) is 18.1. The van der Waals surface area contributed by atoms with Crippen molar-refractivity contribution in [3.05, 3.63) is 70.5 Å². The van der Waals surface area contributed by atoms with Crippen LogP contribution in [0.15, 0.2) is 53.5 Å². The van der Waals surface area contributed by atoms with E-state index in [1.807, 2.05) is 0 Å². The molecule has 25 heavy (non-hydrogen) atoms. The largest absolute Gasteiger partial charge is 0.322 e. The molecular weight excluding hydrogens is 391 g/mol. The lowest BCUT2D eigenvalue weighted by molar-refractivity contribution is -0.114. The number of nitrogens with zero attached hydrogens (tertiary/aromatic N) is 1. The van der Waals surface area contributed by atoms with Crippen LogP contribution in [0, 0.1) is 5.82 Å². The van der Waals surface area contributed by atoms with Gasteiger partial charge in [-0.2, -0.15) is 0 Å². The van der Waals surface area contributed by atoms with E-state index >= 15 is 0 Å². The quantitative estimate of drug-likeness (QED) is 0.629. The third kappa shape index (κ3) is 3.36. The highest BCUT2D eigenvalue weighted by atomic mass is 79.9. The van der Waals surface area contributed by atoms with Gasteiger partial charge in [0.1, 0.15) is 5.82 Å². The number of Topliss-reactive ketones (excluding diaryl/α,β-unsaturated/α-hetero) is 1. The van der Waals surface area contributed by atoms with Gasteiger partial charge in [0.25, 0.3) is 17.6 Å². The molecule has 0 aromatic heterocycles. The van der Waals surface area contributed by atoms with E-state index in [0.29, 0.717) is 16.9 Å². The molecule has 2 amide bonds. The lowest BCUT2D eigenvalue weighted by atomic mass is 10.1. The molecule has 0 atom stereocenters. The van der Waals surface area contributed by atoms with E-state index in [1.165, 1.54) is 23.1 Å². The Balaban J connectivity index is 1.89. The predicted octanol–water partition coefficient (Wildman–Crippen LogP) is 3.40. The van der Waals surface area contributed by atoms with Gasteiger partial charge in [0.15, 0.2) is 0 Å². The standard InChI is InChI=1S/C18H12BrFN2O3/c1-10(19)17(24)21-13-6-7-15-14(8-13)16(23)18(25)22(15)9-11-2-4-12(20)5-3-11/h2-8H,1,9H2,(H,21,24). The smallest absolute Gasteiger partial charge is 0.299 e. The average Bonchev–Trinajstić information content (AvgIpc) is 2.81. The molecule has 0 bridgehead atoms. The summed E-state index contributed by atoms with van der Waals surface area (Å²) in [4.78, 5) is 37.5. The van der Waals surface area contributed by atoms with Crippen molar-refractivity contribution in [1.82, 2.24) is 0 Å². The maximum absolute atomic E-state index is 13.0. The number of benzene rings is 2. The molecule has 126 valence electrons. The number of halogens is 2. The van der Waals surface area contributed by atoms with Crippen molar-refractivity contribution < 1.29 is 18.8 Å². The SMILES string of the molecule is C=C(Br)C(=O)Nc1ccc2c(c1)C(=O)C(=O)N2Cc1ccc(F)cc1. The van der Waals surface area contributed by atoms with Gasteiger partial charge in [-0.15, -0.1) is 0 Å². The molecule has 5 nitrogen and oxygen atoms in total. The lowest BCUT2D eigenvalue weighted by Gasteiger charge is -2.17. The second kappa shape index (κ2) is 6.60. The molecule has 7 heteroatoms. The Bertz CT molecular complexity index is 909. The molecule has 1 aliphatic rings. The second-order valence-corrected chi connectivity index (χ2v) is 6.40. The van der Waals surface area contributed by atoms with E-state index in [2.05, 4.69) is 27.8 Å². The van der Waals surface area contributed by atoms with Gasteiger partial charge in [0.05, 0.1) is 22.3 Å². The first kappa shape index (κ1) is 17.0. The lowest BCUT2D eigenvalue weighted by Crippen LogP contribution is -2.29. The van der Waals surface area contributed by atoms with Crippen molar-refractivity contribution in [2.24, 2.45) is 0 Å². The molecule has 1 heterocycles. The van der Waals surface area contributed by atoms with Crippen LogP contribution in [0.2, 0.25) is 0 Å². The van der Waals surface area contributed by atoms with Crippen molar-refractivity contribution in [2.45, 2.75) is 6.54 Å². The van der Waals surface area contributed by atoms with Crippen LogP contribution >= 0.6 is 15.9 Å². The zero-order valence-electron chi connectivity index (χ0n) is 12.9. The molecule has 1 aliphatic heterocycles. The molecule has 0 radical (unpaired) electrons. The highest BCUT2D eigenvalue weighted by Crippen LogP contribution is 2.32. The number of rotatable bonds is 4. The molecular formula is C18H12BrFN2O3. The van der Waals surface area contributed by atoms with Crippen LogP contribution < -0.4 is 10.2 Å². The maximum atomic E-state index is 13.0. The number of hydrogen-bond acceptors (Lipinski definition) is 3. The number of amides is 2. The van der Waals surface area contributed by atoms with Gasteiger partial charge in [0, 0.05) is 5.69 Å². The summed E-state index contributed by atoms with van der Waals surface area (Å²) in [5.74, 6) is -2.12. The number of carbonyl (C=O) groups is 3. The van der Waals surface area contributed by atoms with E-state index in [1.54, 1.807) is 24.3 Å². The van der Waals surface area contributed by atoms with E-state index in [-0.39, 0.29) is 22.4 Å². The minimum absolute atomic E-state index is 0.147. The Morgan fingerprint density at radius 3 is 2.48 bits per heavy atom. The zero-order valence-corrected chi connectivity index (χ0v) is 14.5. The number of ketones is 1. The van der Waals surface area contributed by atoms with Crippen molar-refractivity contribution in [2.75, 3.05) is 10.2 Å². The van der Waals surface area contributed by atoms with Gasteiger partial charge in [-0.25, -0.2) is 4.39 Å². The first-order chi connectivity index (χ1) is 11.9. The number of nitrogens with one attached hydrogen (secondary N) is 1. The summed E-state index contributed by atoms with van der Waals surface area (Å²) in [6, 6.07) is 10.3. The van der Waals surface area contributed by atoms with Gasteiger partial charge in [-0.3, -0.25) is 14.4 Å². The Morgan fingerprint density at radius 2 is 1.84 bits per heavy atom. The molecule has 0 fully saturated rings. The molecule has 0 spiro atoms. The van der Waals surface area contributed by atoms with E-state index in [9.17, 15) is 18.8 Å². The van der Waals surface area contributed by atoms with Crippen LogP contribution in [-0.4, -0.2) is 17.6 Å². The minimum atomic E-state index is -0.660. The third-order valence-corrected chi connectivity index (χ3v) is 4.09. The highest BCUT2D eigenvalue weighted by Gasteiger charge is 2.36. The predicted molar refractivity (Wildman–Crippen MR) is 95.1 cm³/mol. The molecule has 0 saturated heterocycles. The number of fused-ring (bicyclic) bond motifs is 1. The van der Waals surface area contributed by atoms with Crippen LogP contribution in [0.1, 0.15) is 15.9 Å². The van der Waals surface area contributed by atoms with Crippen molar-refractivity contribution in [3.63, 3.8) is 0 Å². The van der Waals surface area contributed by atoms with Crippen LogP contribution in [0.4, 0.5) is 15.8 Å². The summed E-state index contributed by atoms with van der Waals surface area (Å²) < 4.78 is 13.2. The fourth-order valence-electron chi connectivity index (χ4n) is 2.51. The monoisotopic (exact) mass is 402 g/mol. The number of hydrogen-bond donors (Lipinski definition) is 1. The first-order valence-electron chi connectivity index (χ1n) is 7.27. The van der Waals surface area contributed by atoms with E-state index in [4.69, 9.17) is 0 Å². The normalized spacial score (nSPS) is 13.0. The topological polar surface area (TPSA) is 66.5 Å². The summed E-state index contributed by atoms with van der Waals surface area (Å²) in [7, 11) is 0. The summed E-state index contributed by atoms with van der Waals surface area (Å²) >= 11 is 2.97. The second-order valence-electron chi connectivity index (χ2n) is 5.44. The fourth-order valence-corrected chi connectivity index (χ4v) is 2.61. The van der Waals surface area contributed by atoms with Crippen LogP contribution in [0.3, 0.4) is 0 Å². The highest BCUT2D eigenvalue weighted by molar-refractivity contribution is 9.12. The Morgan fingerprint density at radius 1 is 1.16 bits per heavy atom.